The zero-order valence-electron chi connectivity index (χ0n) is 17.2. The Kier molecular flexibility index (Phi) is 7.03. The fourth-order valence-corrected chi connectivity index (χ4v) is 3.29. The lowest BCUT2D eigenvalue weighted by molar-refractivity contribution is -0.385. The van der Waals surface area contributed by atoms with Crippen molar-refractivity contribution in [3.05, 3.63) is 57.6 Å². The molecule has 1 unspecified atom stereocenters. The van der Waals surface area contributed by atoms with Crippen LogP contribution in [0.2, 0.25) is 0 Å². The summed E-state index contributed by atoms with van der Waals surface area (Å²) in [6.45, 7) is 1.04. The minimum Gasteiger partial charge on any atom is -0.493 e. The number of rotatable bonds is 8. The summed E-state index contributed by atoms with van der Waals surface area (Å²) >= 11 is 0. The van der Waals surface area contributed by atoms with Crippen molar-refractivity contribution in [2.75, 3.05) is 32.7 Å². The molecule has 0 bridgehead atoms. The Hall–Kier alpha value is -3.66. The molecule has 3 rings (SSSR count). The van der Waals surface area contributed by atoms with Crippen molar-refractivity contribution >= 4 is 23.2 Å². The molecule has 0 spiro atoms. The number of hydrogen-bond donors (Lipinski definition) is 2. The Morgan fingerprint density at radius 3 is 2.48 bits per heavy atom. The minimum atomic E-state index is -0.757. The summed E-state index contributed by atoms with van der Waals surface area (Å²) in [5.74, 6) is -0.847. The van der Waals surface area contributed by atoms with Crippen molar-refractivity contribution in [1.82, 2.24) is 5.32 Å². The largest absolute Gasteiger partial charge is 0.493 e. The van der Waals surface area contributed by atoms with Gasteiger partial charge in [-0.25, -0.2) is 0 Å². The number of nitro benzene ring substituents is 1. The number of carbonyl (C=O) groups excluding carboxylic acids is 2. The van der Waals surface area contributed by atoms with Crippen LogP contribution in [0.4, 0.5) is 11.4 Å². The monoisotopic (exact) mass is 429 g/mol. The highest BCUT2D eigenvalue weighted by Crippen LogP contribution is 2.35. The lowest BCUT2D eigenvalue weighted by atomic mass is 10.1. The van der Waals surface area contributed by atoms with E-state index in [1.54, 1.807) is 24.3 Å². The van der Waals surface area contributed by atoms with Gasteiger partial charge in [-0.3, -0.25) is 19.7 Å². The van der Waals surface area contributed by atoms with Crippen molar-refractivity contribution < 1.29 is 28.7 Å². The average Bonchev–Trinajstić information content (AvgIpc) is 3.30. The number of methoxy groups -OCH3 is 2. The second kappa shape index (κ2) is 9.90. The Bertz CT molecular complexity index is 987. The highest BCUT2D eigenvalue weighted by atomic mass is 16.6. The van der Waals surface area contributed by atoms with Crippen LogP contribution in [0.3, 0.4) is 0 Å². The molecule has 1 aliphatic rings. The number of nitrogens with zero attached hydrogens (tertiary/aromatic N) is 1. The first kappa shape index (κ1) is 22.0. The van der Waals surface area contributed by atoms with E-state index in [1.165, 1.54) is 20.3 Å². The molecule has 0 saturated carbocycles. The Balaban J connectivity index is 1.84. The van der Waals surface area contributed by atoms with E-state index in [0.29, 0.717) is 13.2 Å². The zero-order valence-corrected chi connectivity index (χ0v) is 17.2. The number of carbonyl (C=O) groups is 2. The van der Waals surface area contributed by atoms with E-state index in [0.717, 1.165) is 18.9 Å². The second-order valence-electron chi connectivity index (χ2n) is 6.83. The molecular formula is C21H23N3O7. The van der Waals surface area contributed by atoms with Gasteiger partial charge in [0.1, 0.15) is 5.56 Å². The van der Waals surface area contributed by atoms with Gasteiger partial charge in [0.25, 0.3) is 17.5 Å². The highest BCUT2D eigenvalue weighted by molar-refractivity contribution is 6.11. The van der Waals surface area contributed by atoms with Gasteiger partial charge < -0.3 is 24.8 Å². The number of nitrogens with one attached hydrogen (secondary N) is 2. The van der Waals surface area contributed by atoms with E-state index in [2.05, 4.69) is 10.6 Å². The Labute approximate surface area is 178 Å². The SMILES string of the molecule is COc1cc(C(=O)Nc2ccccc2C(=O)NCC2CCCO2)c([N+](=O)[O-])cc1OC. The number of anilines is 1. The molecule has 2 amide bonds. The maximum absolute atomic E-state index is 12.9. The smallest absolute Gasteiger partial charge is 0.286 e. The molecule has 1 aliphatic heterocycles. The molecule has 0 aromatic heterocycles. The van der Waals surface area contributed by atoms with Gasteiger partial charge in [0, 0.05) is 19.2 Å². The molecule has 0 aliphatic carbocycles. The molecule has 10 heteroatoms. The lowest BCUT2D eigenvalue weighted by Gasteiger charge is -2.14. The molecule has 2 N–H and O–H groups in total. The van der Waals surface area contributed by atoms with E-state index in [1.807, 2.05) is 0 Å². The summed E-state index contributed by atoms with van der Waals surface area (Å²) in [5.41, 5.74) is -0.217. The van der Waals surface area contributed by atoms with E-state index >= 15 is 0 Å². The molecule has 2 aromatic rings. The van der Waals surface area contributed by atoms with E-state index in [9.17, 15) is 19.7 Å². The zero-order chi connectivity index (χ0) is 22.4. The predicted molar refractivity (Wildman–Crippen MR) is 112 cm³/mol. The van der Waals surface area contributed by atoms with E-state index in [4.69, 9.17) is 14.2 Å². The average molecular weight is 429 g/mol. The molecule has 0 radical (unpaired) electrons. The van der Waals surface area contributed by atoms with Gasteiger partial charge in [-0.1, -0.05) is 12.1 Å². The third-order valence-electron chi connectivity index (χ3n) is 4.88. The van der Waals surface area contributed by atoms with Crippen LogP contribution in [0.5, 0.6) is 11.5 Å². The number of hydrogen-bond acceptors (Lipinski definition) is 7. The minimum absolute atomic E-state index is 0.0277. The van der Waals surface area contributed by atoms with Crippen LogP contribution >= 0.6 is 0 Å². The van der Waals surface area contributed by atoms with Gasteiger partial charge in [0.05, 0.1) is 42.6 Å². The third kappa shape index (κ3) is 5.10. The van der Waals surface area contributed by atoms with Gasteiger partial charge in [-0.05, 0) is 25.0 Å². The quantitative estimate of drug-likeness (QED) is 0.488. The van der Waals surface area contributed by atoms with Crippen molar-refractivity contribution in [3.8, 4) is 11.5 Å². The summed E-state index contributed by atoms with van der Waals surface area (Å²) in [7, 11) is 2.70. The van der Waals surface area contributed by atoms with Crippen molar-refractivity contribution in [2.45, 2.75) is 18.9 Å². The molecule has 31 heavy (non-hydrogen) atoms. The number of ether oxygens (including phenoxy) is 3. The summed E-state index contributed by atoms with van der Waals surface area (Å²) in [5, 5.41) is 16.9. The summed E-state index contributed by atoms with van der Waals surface area (Å²) < 4.78 is 15.7. The number of nitro groups is 1. The first-order valence-electron chi connectivity index (χ1n) is 9.65. The Morgan fingerprint density at radius 1 is 1.13 bits per heavy atom. The predicted octanol–water partition coefficient (Wildman–Crippen LogP) is 2.77. The number of benzene rings is 2. The van der Waals surface area contributed by atoms with E-state index in [-0.39, 0.29) is 40.3 Å². The van der Waals surface area contributed by atoms with Crippen LogP contribution in [0, 0.1) is 10.1 Å². The summed E-state index contributed by atoms with van der Waals surface area (Å²) in [4.78, 5) is 36.3. The molecule has 1 atom stereocenters. The van der Waals surface area contributed by atoms with Crippen molar-refractivity contribution in [3.63, 3.8) is 0 Å². The molecular weight excluding hydrogens is 406 g/mol. The summed E-state index contributed by atoms with van der Waals surface area (Å²) in [6.07, 6.45) is 1.80. The van der Waals surface area contributed by atoms with Crippen LogP contribution in [0.25, 0.3) is 0 Å². The van der Waals surface area contributed by atoms with Gasteiger partial charge >= 0.3 is 0 Å². The van der Waals surface area contributed by atoms with Gasteiger partial charge in [0.15, 0.2) is 11.5 Å². The number of amides is 2. The fourth-order valence-electron chi connectivity index (χ4n) is 3.29. The Morgan fingerprint density at radius 2 is 1.84 bits per heavy atom. The molecule has 1 saturated heterocycles. The fraction of sp³-hybridized carbons (Fsp3) is 0.333. The molecule has 10 nitrogen and oxygen atoms in total. The van der Waals surface area contributed by atoms with Gasteiger partial charge in [-0.2, -0.15) is 0 Å². The first-order valence-corrected chi connectivity index (χ1v) is 9.65. The second-order valence-corrected chi connectivity index (χ2v) is 6.83. The highest BCUT2D eigenvalue weighted by Gasteiger charge is 2.26. The van der Waals surface area contributed by atoms with Gasteiger partial charge in [0.2, 0.25) is 0 Å². The van der Waals surface area contributed by atoms with Gasteiger partial charge in [-0.15, -0.1) is 0 Å². The van der Waals surface area contributed by atoms with Crippen LogP contribution < -0.4 is 20.1 Å². The maximum Gasteiger partial charge on any atom is 0.286 e. The lowest BCUT2D eigenvalue weighted by Crippen LogP contribution is -2.32. The normalized spacial score (nSPS) is 15.2. The topological polar surface area (TPSA) is 129 Å². The molecule has 1 heterocycles. The molecule has 164 valence electrons. The number of para-hydroxylation sites is 1. The van der Waals surface area contributed by atoms with Crippen molar-refractivity contribution in [2.24, 2.45) is 0 Å². The van der Waals surface area contributed by atoms with E-state index < -0.39 is 16.5 Å². The molecule has 2 aromatic carbocycles. The van der Waals surface area contributed by atoms with Crippen molar-refractivity contribution in [1.29, 1.82) is 0 Å². The third-order valence-corrected chi connectivity index (χ3v) is 4.88. The van der Waals surface area contributed by atoms with Crippen LogP contribution in [-0.2, 0) is 4.74 Å². The standard InChI is InChI=1S/C21H23N3O7/c1-29-18-10-15(17(24(27)28)11-19(18)30-2)21(26)23-16-8-4-3-7-14(16)20(25)22-12-13-6-5-9-31-13/h3-4,7-8,10-11,13H,5-6,9,12H2,1-2H3,(H,22,25)(H,23,26). The van der Waals surface area contributed by atoms with Crippen LogP contribution in [0.15, 0.2) is 36.4 Å². The maximum atomic E-state index is 12.9. The van der Waals surface area contributed by atoms with Crippen LogP contribution in [-0.4, -0.2) is 50.2 Å². The molecule has 1 fully saturated rings. The summed E-state index contributed by atoms with van der Waals surface area (Å²) in [6, 6.07) is 8.76. The van der Waals surface area contributed by atoms with Crippen LogP contribution in [0.1, 0.15) is 33.6 Å². The first-order chi connectivity index (χ1) is 14.9.